The highest BCUT2D eigenvalue weighted by atomic mass is 19.1. The van der Waals surface area contributed by atoms with Crippen LogP contribution in [0.4, 0.5) is 4.39 Å². The summed E-state index contributed by atoms with van der Waals surface area (Å²) in [5.74, 6) is 5.79. The molecule has 0 aliphatic carbocycles. The van der Waals surface area contributed by atoms with Crippen molar-refractivity contribution < 1.29 is 4.39 Å². The van der Waals surface area contributed by atoms with Crippen molar-refractivity contribution in [1.29, 1.82) is 0 Å². The Balaban J connectivity index is 1.89. The van der Waals surface area contributed by atoms with Gasteiger partial charge in [0.2, 0.25) is 0 Å². The third kappa shape index (κ3) is 3.92. The third-order valence-corrected chi connectivity index (χ3v) is 2.41. The fourth-order valence-corrected chi connectivity index (χ4v) is 1.50. The average molecular weight is 236 g/mol. The fourth-order valence-electron chi connectivity index (χ4n) is 1.50. The Hall–Kier alpha value is -2.33. The van der Waals surface area contributed by atoms with Gasteiger partial charge >= 0.3 is 0 Å². The molecular formula is C17H13F. The maximum Gasteiger partial charge on any atom is 0.123 e. The molecule has 0 bridgehead atoms. The molecule has 0 aromatic heterocycles. The number of hydrogen-bond donors (Lipinski definition) is 0. The average Bonchev–Trinajstić information content (AvgIpc) is 2.42. The van der Waals surface area contributed by atoms with Crippen molar-refractivity contribution in [1.82, 2.24) is 0 Å². The van der Waals surface area contributed by atoms with Crippen LogP contribution in [-0.2, 0) is 0 Å². The van der Waals surface area contributed by atoms with Gasteiger partial charge in [-0.2, -0.15) is 0 Å². The Bertz CT molecular complexity index is 569. The monoisotopic (exact) mass is 236 g/mol. The number of hydrogen-bond acceptors (Lipinski definition) is 0. The standard InChI is InChI=1S/C17H13F/c18-17-13-11-16(12-14-17)10-6-2-5-9-15-7-3-1-4-8-15/h1,3-5,7-9,11-14H,2H2/b9-5+. The molecule has 0 heterocycles. The molecule has 0 atom stereocenters. The molecule has 0 nitrogen and oxygen atoms in total. The van der Waals surface area contributed by atoms with Crippen LogP contribution >= 0.6 is 0 Å². The van der Waals surface area contributed by atoms with Gasteiger partial charge in [0.05, 0.1) is 0 Å². The fraction of sp³-hybridized carbons (Fsp3) is 0.0588. The first-order chi connectivity index (χ1) is 8.84. The summed E-state index contributed by atoms with van der Waals surface area (Å²) in [6.45, 7) is 0. The zero-order valence-electron chi connectivity index (χ0n) is 9.94. The van der Waals surface area contributed by atoms with E-state index in [0.717, 1.165) is 5.56 Å². The molecule has 2 rings (SSSR count). The van der Waals surface area contributed by atoms with Crippen molar-refractivity contribution in [3.05, 3.63) is 77.6 Å². The Kier molecular flexibility index (Phi) is 4.33. The van der Waals surface area contributed by atoms with Crippen molar-refractivity contribution in [3.8, 4) is 11.8 Å². The lowest BCUT2D eigenvalue weighted by molar-refractivity contribution is 0.627. The lowest BCUT2D eigenvalue weighted by Gasteiger charge is -1.89. The number of halogens is 1. The summed E-state index contributed by atoms with van der Waals surface area (Å²) in [7, 11) is 0. The molecule has 0 saturated heterocycles. The summed E-state index contributed by atoms with van der Waals surface area (Å²) in [5, 5.41) is 0. The molecule has 18 heavy (non-hydrogen) atoms. The summed E-state index contributed by atoms with van der Waals surface area (Å²) in [6, 6.07) is 16.3. The first-order valence-electron chi connectivity index (χ1n) is 5.80. The minimum atomic E-state index is -0.232. The van der Waals surface area contributed by atoms with Gasteiger partial charge in [-0.25, -0.2) is 4.39 Å². The van der Waals surface area contributed by atoms with E-state index in [1.165, 1.54) is 17.7 Å². The minimum Gasteiger partial charge on any atom is -0.207 e. The zero-order chi connectivity index (χ0) is 12.6. The number of rotatable bonds is 2. The van der Waals surface area contributed by atoms with E-state index in [2.05, 4.69) is 11.8 Å². The second-order valence-corrected chi connectivity index (χ2v) is 3.83. The SMILES string of the molecule is Fc1ccc(C#CC/C=C/c2ccccc2)cc1. The largest absolute Gasteiger partial charge is 0.207 e. The molecule has 0 fully saturated rings. The Morgan fingerprint density at radius 2 is 1.67 bits per heavy atom. The second-order valence-electron chi connectivity index (χ2n) is 3.83. The number of allylic oxidation sites excluding steroid dienone is 1. The molecule has 1 heteroatoms. The van der Waals surface area contributed by atoms with Gasteiger partial charge in [-0.1, -0.05) is 54.3 Å². The van der Waals surface area contributed by atoms with Crippen LogP contribution in [0.15, 0.2) is 60.7 Å². The normalized spacial score (nSPS) is 10.1. The van der Waals surface area contributed by atoms with Gasteiger partial charge in [0.1, 0.15) is 5.82 Å². The smallest absolute Gasteiger partial charge is 0.123 e. The summed E-state index contributed by atoms with van der Waals surface area (Å²) in [4.78, 5) is 0. The molecule has 0 spiro atoms. The van der Waals surface area contributed by atoms with Crippen LogP contribution in [-0.4, -0.2) is 0 Å². The summed E-state index contributed by atoms with van der Waals surface area (Å²) in [5.41, 5.74) is 2.01. The Morgan fingerprint density at radius 3 is 2.39 bits per heavy atom. The van der Waals surface area contributed by atoms with E-state index in [4.69, 9.17) is 0 Å². The van der Waals surface area contributed by atoms with Crippen LogP contribution in [0.1, 0.15) is 17.5 Å². The van der Waals surface area contributed by atoms with E-state index in [9.17, 15) is 4.39 Å². The summed E-state index contributed by atoms with van der Waals surface area (Å²) < 4.78 is 12.7. The van der Waals surface area contributed by atoms with E-state index < -0.39 is 0 Å². The van der Waals surface area contributed by atoms with Gasteiger partial charge in [-0.3, -0.25) is 0 Å². The van der Waals surface area contributed by atoms with E-state index in [1.807, 2.05) is 42.5 Å². The summed E-state index contributed by atoms with van der Waals surface area (Å²) >= 11 is 0. The van der Waals surface area contributed by atoms with Crippen LogP contribution in [0.25, 0.3) is 6.08 Å². The van der Waals surface area contributed by atoms with Gasteiger partial charge in [0, 0.05) is 12.0 Å². The highest BCUT2D eigenvalue weighted by molar-refractivity contribution is 5.49. The maximum atomic E-state index is 12.7. The third-order valence-electron chi connectivity index (χ3n) is 2.41. The molecule has 0 saturated carbocycles. The molecule has 2 aromatic rings. The molecule has 0 N–H and O–H groups in total. The molecule has 88 valence electrons. The Labute approximate surface area is 107 Å². The van der Waals surface area contributed by atoms with E-state index in [0.29, 0.717) is 6.42 Å². The number of benzene rings is 2. The van der Waals surface area contributed by atoms with Gasteiger partial charge in [0.25, 0.3) is 0 Å². The van der Waals surface area contributed by atoms with Crippen LogP contribution in [0.5, 0.6) is 0 Å². The quantitative estimate of drug-likeness (QED) is 0.683. The molecule has 0 amide bonds. The van der Waals surface area contributed by atoms with Crippen LogP contribution < -0.4 is 0 Å². The van der Waals surface area contributed by atoms with Gasteiger partial charge in [-0.15, -0.1) is 0 Å². The molecule has 2 aromatic carbocycles. The molecule has 0 radical (unpaired) electrons. The van der Waals surface area contributed by atoms with Crippen LogP contribution in [0.3, 0.4) is 0 Å². The molecule has 0 aliphatic rings. The second kappa shape index (κ2) is 6.42. The van der Waals surface area contributed by atoms with Crippen molar-refractivity contribution in [2.45, 2.75) is 6.42 Å². The van der Waals surface area contributed by atoms with E-state index in [1.54, 1.807) is 12.1 Å². The molecule has 0 unspecified atom stereocenters. The molecular weight excluding hydrogens is 223 g/mol. The lowest BCUT2D eigenvalue weighted by Crippen LogP contribution is -1.75. The molecule has 0 aliphatic heterocycles. The highest BCUT2D eigenvalue weighted by Gasteiger charge is 1.87. The van der Waals surface area contributed by atoms with Gasteiger partial charge in [-0.05, 0) is 29.8 Å². The van der Waals surface area contributed by atoms with Crippen molar-refractivity contribution >= 4 is 6.08 Å². The van der Waals surface area contributed by atoms with Gasteiger partial charge in [0.15, 0.2) is 0 Å². The Morgan fingerprint density at radius 1 is 0.944 bits per heavy atom. The predicted molar refractivity (Wildman–Crippen MR) is 73.4 cm³/mol. The predicted octanol–water partition coefficient (Wildman–Crippen LogP) is 4.28. The van der Waals surface area contributed by atoms with Crippen LogP contribution in [0.2, 0.25) is 0 Å². The summed E-state index contributed by atoms with van der Waals surface area (Å²) in [6.07, 6.45) is 4.75. The van der Waals surface area contributed by atoms with Crippen LogP contribution in [0, 0.1) is 17.7 Å². The zero-order valence-corrected chi connectivity index (χ0v) is 9.94. The van der Waals surface area contributed by atoms with Gasteiger partial charge < -0.3 is 0 Å². The van der Waals surface area contributed by atoms with Crippen molar-refractivity contribution in [2.75, 3.05) is 0 Å². The lowest BCUT2D eigenvalue weighted by atomic mass is 10.2. The first kappa shape index (κ1) is 12.1. The minimum absolute atomic E-state index is 0.232. The van der Waals surface area contributed by atoms with Crippen molar-refractivity contribution in [3.63, 3.8) is 0 Å². The highest BCUT2D eigenvalue weighted by Crippen LogP contribution is 2.02. The maximum absolute atomic E-state index is 12.7. The van der Waals surface area contributed by atoms with Crippen molar-refractivity contribution in [2.24, 2.45) is 0 Å². The van der Waals surface area contributed by atoms with E-state index >= 15 is 0 Å². The first-order valence-corrected chi connectivity index (χ1v) is 5.80. The topological polar surface area (TPSA) is 0 Å². The van der Waals surface area contributed by atoms with E-state index in [-0.39, 0.29) is 5.82 Å².